The van der Waals surface area contributed by atoms with Crippen molar-refractivity contribution in [2.45, 2.75) is 77.2 Å². The number of fused-ring (bicyclic) bond motifs is 1. The fourth-order valence-corrected chi connectivity index (χ4v) is 4.05. The molecule has 0 N–H and O–H groups in total. The van der Waals surface area contributed by atoms with E-state index in [1.807, 2.05) is 0 Å². The third kappa shape index (κ3) is 3.51. The fourth-order valence-electron chi connectivity index (χ4n) is 4.05. The quantitative estimate of drug-likeness (QED) is 0.722. The van der Waals surface area contributed by atoms with Crippen molar-refractivity contribution >= 4 is 0 Å². The molecule has 1 nitrogen and oxygen atoms in total. The second kappa shape index (κ2) is 6.12. The maximum absolute atomic E-state index is 2.79. The van der Waals surface area contributed by atoms with Crippen molar-refractivity contribution in [2.75, 3.05) is 13.1 Å². The molecule has 0 spiro atoms. The van der Waals surface area contributed by atoms with Crippen LogP contribution < -0.4 is 0 Å². The van der Waals surface area contributed by atoms with Gasteiger partial charge in [-0.2, -0.15) is 0 Å². The zero-order valence-corrected chi connectivity index (χ0v) is 14.1. The first-order valence-corrected chi connectivity index (χ1v) is 8.90. The summed E-state index contributed by atoms with van der Waals surface area (Å²) in [6.07, 6.45) is 9.63. The summed E-state index contributed by atoms with van der Waals surface area (Å²) in [5.41, 5.74) is 4.99. The summed E-state index contributed by atoms with van der Waals surface area (Å²) in [6, 6.07) is 8.15. The summed E-state index contributed by atoms with van der Waals surface area (Å²) in [7, 11) is 0. The van der Waals surface area contributed by atoms with Crippen LogP contribution in [0, 0.1) is 0 Å². The van der Waals surface area contributed by atoms with Crippen molar-refractivity contribution in [1.82, 2.24) is 4.90 Å². The molecule has 0 bridgehead atoms. The Morgan fingerprint density at radius 2 is 1.67 bits per heavy atom. The van der Waals surface area contributed by atoms with Gasteiger partial charge < -0.3 is 4.90 Å². The topological polar surface area (TPSA) is 3.24 Å². The normalized spacial score (nSPS) is 21.9. The third-order valence-corrected chi connectivity index (χ3v) is 5.47. The van der Waals surface area contributed by atoms with Gasteiger partial charge in [0.15, 0.2) is 0 Å². The number of aryl methyl sites for hydroxylation is 1. The Balaban J connectivity index is 1.74. The van der Waals surface area contributed by atoms with Crippen molar-refractivity contribution in [3.63, 3.8) is 0 Å². The molecule has 1 heterocycles. The molecule has 116 valence electrons. The van der Waals surface area contributed by atoms with E-state index in [1.54, 1.807) is 11.1 Å². The highest BCUT2D eigenvalue weighted by molar-refractivity contribution is 5.36. The molecule has 1 saturated carbocycles. The van der Waals surface area contributed by atoms with Crippen LogP contribution in [0.3, 0.4) is 0 Å². The minimum absolute atomic E-state index is 0.271. The van der Waals surface area contributed by atoms with E-state index in [9.17, 15) is 0 Å². The Kier molecular flexibility index (Phi) is 4.40. The maximum Gasteiger partial charge on any atom is 0.00953 e. The van der Waals surface area contributed by atoms with Gasteiger partial charge in [0.05, 0.1) is 0 Å². The van der Waals surface area contributed by atoms with Gasteiger partial charge in [-0.25, -0.2) is 0 Å². The maximum atomic E-state index is 2.79. The lowest BCUT2D eigenvalue weighted by Gasteiger charge is -2.31. The second-order valence-corrected chi connectivity index (χ2v) is 8.06. The SMILES string of the molecule is CC(C)(C)c1ccc2c(c1)CCCN(C1CCCC1)CC2. The molecule has 21 heavy (non-hydrogen) atoms. The largest absolute Gasteiger partial charge is 0.300 e. The van der Waals surface area contributed by atoms with Crippen LogP contribution >= 0.6 is 0 Å². The van der Waals surface area contributed by atoms with E-state index < -0.39 is 0 Å². The summed E-state index contributed by atoms with van der Waals surface area (Å²) < 4.78 is 0. The fraction of sp³-hybridized carbons (Fsp3) is 0.700. The van der Waals surface area contributed by atoms with Gasteiger partial charge in [-0.1, -0.05) is 51.8 Å². The van der Waals surface area contributed by atoms with Crippen molar-refractivity contribution in [3.8, 4) is 0 Å². The van der Waals surface area contributed by atoms with E-state index in [0.717, 1.165) is 6.04 Å². The molecule has 1 heteroatoms. The predicted molar refractivity (Wildman–Crippen MR) is 91.0 cm³/mol. The highest BCUT2D eigenvalue weighted by Crippen LogP contribution is 2.28. The van der Waals surface area contributed by atoms with Crippen LogP contribution in [0.25, 0.3) is 0 Å². The van der Waals surface area contributed by atoms with Gasteiger partial charge in [0.1, 0.15) is 0 Å². The molecule has 0 atom stereocenters. The Bertz CT molecular complexity index is 477. The van der Waals surface area contributed by atoms with Gasteiger partial charge in [-0.3, -0.25) is 0 Å². The Hall–Kier alpha value is -0.820. The van der Waals surface area contributed by atoms with E-state index in [4.69, 9.17) is 0 Å². The van der Waals surface area contributed by atoms with Gasteiger partial charge in [-0.15, -0.1) is 0 Å². The molecule has 1 fully saturated rings. The Labute approximate surface area is 130 Å². The van der Waals surface area contributed by atoms with Crippen molar-refractivity contribution < 1.29 is 0 Å². The molecule has 0 radical (unpaired) electrons. The minimum atomic E-state index is 0.271. The number of hydrogen-bond acceptors (Lipinski definition) is 1. The molecule has 1 aromatic carbocycles. The molecule has 0 amide bonds. The molecule has 0 unspecified atom stereocenters. The predicted octanol–water partition coefficient (Wildman–Crippen LogP) is 4.72. The van der Waals surface area contributed by atoms with Crippen LogP contribution in [-0.2, 0) is 18.3 Å². The van der Waals surface area contributed by atoms with Gasteiger partial charge in [0.2, 0.25) is 0 Å². The Morgan fingerprint density at radius 3 is 2.38 bits per heavy atom. The van der Waals surface area contributed by atoms with Crippen LogP contribution in [-0.4, -0.2) is 24.0 Å². The lowest BCUT2D eigenvalue weighted by atomic mass is 9.84. The molecule has 0 saturated heterocycles. The first kappa shape index (κ1) is 15.1. The smallest absolute Gasteiger partial charge is 0.00953 e. The van der Waals surface area contributed by atoms with Gasteiger partial charge in [0, 0.05) is 12.6 Å². The molecule has 1 aliphatic heterocycles. The molecule has 1 aliphatic carbocycles. The first-order chi connectivity index (χ1) is 10.0. The van der Waals surface area contributed by atoms with Crippen LogP contribution in [0.2, 0.25) is 0 Å². The van der Waals surface area contributed by atoms with E-state index >= 15 is 0 Å². The average Bonchev–Trinajstić information content (AvgIpc) is 2.92. The Morgan fingerprint density at radius 1 is 0.905 bits per heavy atom. The summed E-state index contributed by atoms with van der Waals surface area (Å²) in [6.45, 7) is 9.54. The van der Waals surface area contributed by atoms with Crippen LogP contribution in [0.15, 0.2) is 18.2 Å². The van der Waals surface area contributed by atoms with Gasteiger partial charge in [-0.05, 0) is 60.8 Å². The van der Waals surface area contributed by atoms with E-state index in [-0.39, 0.29) is 5.41 Å². The number of benzene rings is 1. The zero-order valence-electron chi connectivity index (χ0n) is 14.1. The van der Waals surface area contributed by atoms with E-state index in [1.165, 1.54) is 63.6 Å². The summed E-state index contributed by atoms with van der Waals surface area (Å²) in [5, 5.41) is 0. The second-order valence-electron chi connectivity index (χ2n) is 8.06. The standard InChI is InChI=1S/C20H31N/c1-20(2,3)18-11-10-16-12-14-21(19-8-4-5-9-19)13-6-7-17(16)15-18/h10-11,15,19H,4-9,12-14H2,1-3H3. The van der Waals surface area contributed by atoms with Crippen molar-refractivity contribution in [3.05, 3.63) is 34.9 Å². The van der Waals surface area contributed by atoms with Crippen LogP contribution in [0.5, 0.6) is 0 Å². The zero-order chi connectivity index (χ0) is 14.9. The highest BCUT2D eigenvalue weighted by atomic mass is 15.2. The van der Waals surface area contributed by atoms with Gasteiger partial charge >= 0.3 is 0 Å². The minimum Gasteiger partial charge on any atom is -0.300 e. The number of nitrogens with zero attached hydrogens (tertiary/aromatic N) is 1. The monoisotopic (exact) mass is 285 g/mol. The van der Waals surface area contributed by atoms with Crippen LogP contribution in [0.4, 0.5) is 0 Å². The van der Waals surface area contributed by atoms with E-state index in [0.29, 0.717) is 0 Å². The molecule has 3 rings (SSSR count). The van der Waals surface area contributed by atoms with Crippen molar-refractivity contribution in [2.24, 2.45) is 0 Å². The van der Waals surface area contributed by atoms with E-state index in [2.05, 4.69) is 43.9 Å². The molecule has 2 aliphatic rings. The third-order valence-electron chi connectivity index (χ3n) is 5.47. The lowest BCUT2D eigenvalue weighted by molar-refractivity contribution is 0.195. The van der Waals surface area contributed by atoms with Gasteiger partial charge in [0.25, 0.3) is 0 Å². The summed E-state index contributed by atoms with van der Waals surface area (Å²) >= 11 is 0. The molecule has 1 aromatic rings. The summed E-state index contributed by atoms with van der Waals surface area (Å²) in [5.74, 6) is 0. The van der Waals surface area contributed by atoms with Crippen molar-refractivity contribution in [1.29, 1.82) is 0 Å². The molecule has 0 aromatic heterocycles. The first-order valence-electron chi connectivity index (χ1n) is 8.90. The lowest BCUT2D eigenvalue weighted by Crippen LogP contribution is -2.37. The molecular formula is C20H31N. The summed E-state index contributed by atoms with van der Waals surface area (Å²) in [4.78, 5) is 2.79. The number of rotatable bonds is 1. The highest BCUT2D eigenvalue weighted by Gasteiger charge is 2.24. The number of hydrogen-bond donors (Lipinski definition) is 0. The van der Waals surface area contributed by atoms with Crippen LogP contribution in [0.1, 0.15) is 69.6 Å². The average molecular weight is 285 g/mol. The molecular weight excluding hydrogens is 254 g/mol.